The van der Waals surface area contributed by atoms with Crippen molar-refractivity contribution in [2.75, 3.05) is 6.54 Å². The molecule has 7 heteroatoms. The highest BCUT2D eigenvalue weighted by Crippen LogP contribution is 2.30. The molecule has 4 nitrogen and oxygen atoms in total. The Morgan fingerprint density at radius 2 is 2.14 bits per heavy atom. The van der Waals surface area contributed by atoms with E-state index in [0.717, 1.165) is 24.7 Å². The van der Waals surface area contributed by atoms with E-state index >= 15 is 0 Å². The highest BCUT2D eigenvalue weighted by atomic mass is 19.4. The fraction of sp³-hybridized carbons (Fsp3) is 0.429. The van der Waals surface area contributed by atoms with Crippen LogP contribution in [0.3, 0.4) is 0 Å². The lowest BCUT2D eigenvalue weighted by molar-refractivity contribution is -0.137. The van der Waals surface area contributed by atoms with Gasteiger partial charge in [-0.2, -0.15) is 18.3 Å². The van der Waals surface area contributed by atoms with Gasteiger partial charge in [0.1, 0.15) is 12.2 Å². The number of nitrogens with one attached hydrogen (secondary N) is 2. The molecule has 0 fully saturated rings. The van der Waals surface area contributed by atoms with E-state index in [9.17, 15) is 13.2 Å². The highest BCUT2D eigenvalue weighted by Gasteiger charge is 2.30. The lowest BCUT2D eigenvalue weighted by Crippen LogP contribution is -2.21. The summed E-state index contributed by atoms with van der Waals surface area (Å²) in [6.07, 6.45) is -1.27. The first kappa shape index (κ1) is 15.5. The summed E-state index contributed by atoms with van der Waals surface area (Å²) in [6.45, 7) is 2.54. The maximum atomic E-state index is 12.7. The molecule has 114 valence electrons. The molecule has 0 bridgehead atoms. The van der Waals surface area contributed by atoms with Crippen molar-refractivity contribution >= 4 is 0 Å². The van der Waals surface area contributed by atoms with Crippen molar-refractivity contribution < 1.29 is 13.2 Å². The molecule has 1 heterocycles. The second kappa shape index (κ2) is 6.71. The minimum atomic E-state index is -4.30. The zero-order valence-corrected chi connectivity index (χ0v) is 11.6. The molecule has 0 saturated heterocycles. The van der Waals surface area contributed by atoms with Crippen LogP contribution in [0, 0.1) is 0 Å². The van der Waals surface area contributed by atoms with Gasteiger partial charge < -0.3 is 5.32 Å². The van der Waals surface area contributed by atoms with Crippen molar-refractivity contribution in [1.82, 2.24) is 20.5 Å². The average Bonchev–Trinajstić information content (AvgIpc) is 2.96. The van der Waals surface area contributed by atoms with Gasteiger partial charge in [0, 0.05) is 12.5 Å². The quantitative estimate of drug-likeness (QED) is 0.806. The van der Waals surface area contributed by atoms with E-state index in [4.69, 9.17) is 0 Å². The number of aromatic nitrogens is 3. The Hall–Kier alpha value is -1.89. The van der Waals surface area contributed by atoms with Crippen LogP contribution in [-0.2, 0) is 12.6 Å². The van der Waals surface area contributed by atoms with Crippen LogP contribution in [0.5, 0.6) is 0 Å². The Balaban J connectivity index is 1.84. The van der Waals surface area contributed by atoms with Crippen LogP contribution in [0.1, 0.15) is 36.3 Å². The second-order valence-corrected chi connectivity index (χ2v) is 4.83. The summed E-state index contributed by atoms with van der Waals surface area (Å²) in [5.74, 6) is 0.809. The number of halogens is 3. The summed E-state index contributed by atoms with van der Waals surface area (Å²) in [7, 11) is 0. The van der Waals surface area contributed by atoms with Crippen molar-refractivity contribution in [1.29, 1.82) is 0 Å². The van der Waals surface area contributed by atoms with Crippen molar-refractivity contribution in [2.45, 2.75) is 32.0 Å². The van der Waals surface area contributed by atoms with Gasteiger partial charge in [0.05, 0.1) is 5.56 Å². The van der Waals surface area contributed by atoms with Gasteiger partial charge in [-0.15, -0.1) is 0 Å². The smallest absolute Gasteiger partial charge is 0.310 e. The minimum Gasteiger partial charge on any atom is -0.310 e. The number of hydrogen-bond donors (Lipinski definition) is 2. The number of hydrogen-bond acceptors (Lipinski definition) is 3. The first-order valence-electron chi connectivity index (χ1n) is 6.71. The van der Waals surface area contributed by atoms with E-state index in [1.54, 1.807) is 6.07 Å². The fourth-order valence-electron chi connectivity index (χ4n) is 2.03. The van der Waals surface area contributed by atoms with Crippen LogP contribution >= 0.6 is 0 Å². The van der Waals surface area contributed by atoms with Gasteiger partial charge in [0.25, 0.3) is 0 Å². The van der Waals surface area contributed by atoms with Crippen molar-refractivity contribution in [2.24, 2.45) is 0 Å². The Labute approximate surface area is 120 Å². The first-order valence-corrected chi connectivity index (χ1v) is 6.71. The Morgan fingerprint density at radius 1 is 1.33 bits per heavy atom. The maximum Gasteiger partial charge on any atom is 0.416 e. The van der Waals surface area contributed by atoms with Crippen LogP contribution < -0.4 is 5.32 Å². The molecule has 0 aliphatic rings. The van der Waals surface area contributed by atoms with Gasteiger partial charge in [0.2, 0.25) is 0 Å². The van der Waals surface area contributed by atoms with Gasteiger partial charge in [0.15, 0.2) is 0 Å². The number of H-pyrrole nitrogens is 1. The lowest BCUT2D eigenvalue weighted by Gasteiger charge is -2.16. The standard InChI is InChI=1S/C14H17F3N4/c1-10(18-7-3-6-13-19-9-20-21-13)11-4-2-5-12(8-11)14(15,16)17/h2,4-5,8-10,18H,3,6-7H2,1H3,(H,19,20,21). The molecule has 21 heavy (non-hydrogen) atoms. The summed E-state index contributed by atoms with van der Waals surface area (Å²) >= 11 is 0. The molecule has 0 radical (unpaired) electrons. The zero-order chi connectivity index (χ0) is 15.3. The summed E-state index contributed by atoms with van der Waals surface area (Å²) in [5, 5.41) is 9.73. The molecular weight excluding hydrogens is 281 g/mol. The third kappa shape index (κ3) is 4.56. The summed E-state index contributed by atoms with van der Waals surface area (Å²) in [6, 6.07) is 5.27. The molecule has 0 aliphatic carbocycles. The number of nitrogens with zero attached hydrogens (tertiary/aromatic N) is 2. The zero-order valence-electron chi connectivity index (χ0n) is 11.6. The molecule has 2 aromatic rings. The van der Waals surface area contributed by atoms with E-state index in [2.05, 4.69) is 20.5 Å². The topological polar surface area (TPSA) is 53.6 Å². The molecule has 0 amide bonds. The van der Waals surface area contributed by atoms with E-state index in [-0.39, 0.29) is 6.04 Å². The number of aromatic amines is 1. The molecule has 1 aromatic heterocycles. The molecule has 0 spiro atoms. The summed E-state index contributed by atoms with van der Waals surface area (Å²) < 4.78 is 38.0. The molecule has 0 saturated carbocycles. The molecule has 1 aromatic carbocycles. The lowest BCUT2D eigenvalue weighted by atomic mass is 10.0. The van der Waals surface area contributed by atoms with E-state index in [1.165, 1.54) is 18.5 Å². The van der Waals surface area contributed by atoms with Gasteiger partial charge in [-0.25, -0.2) is 4.98 Å². The first-order chi connectivity index (χ1) is 9.97. The Kier molecular flexibility index (Phi) is 4.95. The highest BCUT2D eigenvalue weighted by molar-refractivity contribution is 5.27. The van der Waals surface area contributed by atoms with E-state index in [0.29, 0.717) is 12.1 Å². The second-order valence-electron chi connectivity index (χ2n) is 4.83. The van der Waals surface area contributed by atoms with Crippen molar-refractivity contribution in [3.05, 3.63) is 47.5 Å². The average molecular weight is 298 g/mol. The van der Waals surface area contributed by atoms with Gasteiger partial charge in [-0.3, -0.25) is 5.10 Å². The normalized spacial score (nSPS) is 13.3. The Bertz CT molecular complexity index is 552. The predicted octanol–water partition coefficient (Wildman–Crippen LogP) is 3.11. The van der Waals surface area contributed by atoms with Crippen LogP contribution in [0.4, 0.5) is 13.2 Å². The molecular formula is C14H17F3N4. The maximum absolute atomic E-state index is 12.7. The van der Waals surface area contributed by atoms with E-state index < -0.39 is 11.7 Å². The number of rotatable bonds is 6. The van der Waals surface area contributed by atoms with Crippen LogP contribution in [0.15, 0.2) is 30.6 Å². The van der Waals surface area contributed by atoms with Crippen LogP contribution in [-0.4, -0.2) is 21.7 Å². The minimum absolute atomic E-state index is 0.137. The monoisotopic (exact) mass is 298 g/mol. The molecule has 0 aliphatic heterocycles. The number of alkyl halides is 3. The number of benzene rings is 1. The van der Waals surface area contributed by atoms with Crippen molar-refractivity contribution in [3.63, 3.8) is 0 Å². The third-order valence-electron chi connectivity index (χ3n) is 3.22. The molecule has 2 rings (SSSR count). The van der Waals surface area contributed by atoms with Gasteiger partial charge >= 0.3 is 6.18 Å². The third-order valence-corrected chi connectivity index (χ3v) is 3.22. The number of aryl methyl sites for hydroxylation is 1. The summed E-state index contributed by atoms with van der Waals surface area (Å²) in [4.78, 5) is 4.01. The molecule has 1 unspecified atom stereocenters. The van der Waals surface area contributed by atoms with Crippen LogP contribution in [0.25, 0.3) is 0 Å². The Morgan fingerprint density at radius 3 is 2.81 bits per heavy atom. The summed E-state index contributed by atoms with van der Waals surface area (Å²) in [5.41, 5.74) is 0.0137. The van der Waals surface area contributed by atoms with Crippen molar-refractivity contribution in [3.8, 4) is 0 Å². The van der Waals surface area contributed by atoms with Crippen LogP contribution in [0.2, 0.25) is 0 Å². The van der Waals surface area contributed by atoms with E-state index in [1.807, 2.05) is 6.92 Å². The largest absolute Gasteiger partial charge is 0.416 e. The molecule has 2 N–H and O–H groups in total. The fourth-order valence-corrected chi connectivity index (χ4v) is 2.03. The molecule has 1 atom stereocenters. The SMILES string of the molecule is CC(NCCCc1ncn[nH]1)c1cccc(C(F)(F)F)c1. The predicted molar refractivity (Wildman–Crippen MR) is 72.6 cm³/mol. The van der Waals surface area contributed by atoms with Gasteiger partial charge in [-0.05, 0) is 37.6 Å². The van der Waals surface area contributed by atoms with Gasteiger partial charge in [-0.1, -0.05) is 12.1 Å².